The number of nitrogens with one attached hydrogen (secondary N) is 1. The molecule has 3 rings (SSSR count). The third kappa shape index (κ3) is 1.60. The molecule has 0 radical (unpaired) electrons. The predicted molar refractivity (Wildman–Crippen MR) is 70.7 cm³/mol. The zero-order chi connectivity index (χ0) is 13.6. The standard InChI is InChI=1S/C13H14N4O2/c1-13(11(18)16-12(19-13)17(2)3)9-7-15-10-8(9)5-4-6-14-10/h4-7H,1-3H3,(H,14,15). The van der Waals surface area contributed by atoms with Crippen LogP contribution in [0.5, 0.6) is 0 Å². The Morgan fingerprint density at radius 1 is 1.42 bits per heavy atom. The van der Waals surface area contributed by atoms with Crippen molar-refractivity contribution < 1.29 is 9.53 Å². The van der Waals surface area contributed by atoms with Crippen molar-refractivity contribution in [2.45, 2.75) is 12.5 Å². The highest BCUT2D eigenvalue weighted by Gasteiger charge is 2.46. The van der Waals surface area contributed by atoms with Gasteiger partial charge in [-0.1, -0.05) is 0 Å². The van der Waals surface area contributed by atoms with E-state index in [0.29, 0.717) is 6.02 Å². The Morgan fingerprint density at radius 2 is 2.21 bits per heavy atom. The lowest BCUT2D eigenvalue weighted by atomic mass is 9.95. The Labute approximate surface area is 110 Å². The van der Waals surface area contributed by atoms with Gasteiger partial charge in [-0.15, -0.1) is 0 Å². The van der Waals surface area contributed by atoms with Gasteiger partial charge in [-0.2, -0.15) is 4.99 Å². The van der Waals surface area contributed by atoms with Crippen molar-refractivity contribution in [1.29, 1.82) is 0 Å². The molecule has 0 saturated carbocycles. The molecular weight excluding hydrogens is 244 g/mol. The maximum atomic E-state index is 12.2. The molecule has 19 heavy (non-hydrogen) atoms. The number of pyridine rings is 1. The number of rotatable bonds is 1. The van der Waals surface area contributed by atoms with Crippen molar-refractivity contribution in [3.05, 3.63) is 30.1 Å². The minimum absolute atomic E-state index is 0.305. The number of ether oxygens (including phenoxy) is 1. The van der Waals surface area contributed by atoms with E-state index in [-0.39, 0.29) is 5.91 Å². The van der Waals surface area contributed by atoms with E-state index in [2.05, 4.69) is 15.0 Å². The summed E-state index contributed by atoms with van der Waals surface area (Å²) in [5.74, 6) is -0.305. The average Bonchev–Trinajstić information content (AvgIpc) is 2.93. The first-order valence-corrected chi connectivity index (χ1v) is 5.94. The van der Waals surface area contributed by atoms with Gasteiger partial charge in [0.25, 0.3) is 11.9 Å². The molecule has 0 fully saturated rings. The number of H-pyrrole nitrogens is 1. The van der Waals surface area contributed by atoms with Crippen molar-refractivity contribution in [2.24, 2.45) is 4.99 Å². The van der Waals surface area contributed by atoms with Gasteiger partial charge in [0.15, 0.2) is 0 Å². The number of carbonyl (C=O) groups is 1. The van der Waals surface area contributed by atoms with Gasteiger partial charge in [0.2, 0.25) is 5.60 Å². The average molecular weight is 258 g/mol. The van der Waals surface area contributed by atoms with Crippen molar-refractivity contribution >= 4 is 23.0 Å². The van der Waals surface area contributed by atoms with Crippen LogP contribution in [0, 0.1) is 0 Å². The molecule has 0 aliphatic carbocycles. The number of nitrogens with zero attached hydrogens (tertiary/aromatic N) is 3. The third-order valence-corrected chi connectivity index (χ3v) is 3.25. The SMILES string of the molecule is CN(C)C1=NC(=O)C(C)(c2c[nH]c3ncccc23)O1. The zero-order valence-corrected chi connectivity index (χ0v) is 11.0. The second-order valence-electron chi connectivity index (χ2n) is 4.83. The molecule has 0 aromatic carbocycles. The predicted octanol–water partition coefficient (Wildman–Crippen LogP) is 1.25. The van der Waals surface area contributed by atoms with Crippen molar-refractivity contribution in [3.63, 3.8) is 0 Å². The molecule has 3 heterocycles. The molecule has 98 valence electrons. The maximum Gasteiger partial charge on any atom is 0.299 e. The fourth-order valence-electron chi connectivity index (χ4n) is 2.15. The van der Waals surface area contributed by atoms with Crippen LogP contribution in [0.4, 0.5) is 0 Å². The van der Waals surface area contributed by atoms with E-state index < -0.39 is 5.60 Å². The van der Waals surface area contributed by atoms with Crippen LogP contribution < -0.4 is 0 Å². The van der Waals surface area contributed by atoms with Gasteiger partial charge >= 0.3 is 0 Å². The summed E-state index contributed by atoms with van der Waals surface area (Å²) in [6, 6.07) is 4.06. The van der Waals surface area contributed by atoms with Crippen LogP contribution in [0.15, 0.2) is 29.5 Å². The summed E-state index contributed by atoms with van der Waals surface area (Å²) in [5.41, 5.74) is 0.385. The van der Waals surface area contributed by atoms with Crippen LogP contribution in [0.3, 0.4) is 0 Å². The molecule has 0 saturated heterocycles. The second kappa shape index (κ2) is 3.81. The molecule has 1 unspecified atom stereocenters. The Morgan fingerprint density at radius 3 is 2.89 bits per heavy atom. The number of fused-ring (bicyclic) bond motifs is 1. The van der Waals surface area contributed by atoms with E-state index in [9.17, 15) is 4.79 Å². The minimum Gasteiger partial charge on any atom is -0.443 e. The van der Waals surface area contributed by atoms with E-state index in [0.717, 1.165) is 16.6 Å². The van der Waals surface area contributed by atoms with Gasteiger partial charge in [-0.05, 0) is 19.1 Å². The Hall–Kier alpha value is -2.37. The van der Waals surface area contributed by atoms with Crippen LogP contribution in [0.1, 0.15) is 12.5 Å². The van der Waals surface area contributed by atoms with Crippen LogP contribution >= 0.6 is 0 Å². The molecule has 1 amide bonds. The lowest BCUT2D eigenvalue weighted by Crippen LogP contribution is -2.33. The number of hydrogen-bond donors (Lipinski definition) is 1. The van der Waals surface area contributed by atoms with Gasteiger partial charge in [0.1, 0.15) is 5.65 Å². The molecule has 1 aliphatic rings. The first-order valence-electron chi connectivity index (χ1n) is 5.94. The zero-order valence-electron chi connectivity index (χ0n) is 11.0. The third-order valence-electron chi connectivity index (χ3n) is 3.25. The Kier molecular flexibility index (Phi) is 2.35. The molecule has 1 N–H and O–H groups in total. The highest BCUT2D eigenvalue weighted by Crippen LogP contribution is 2.35. The summed E-state index contributed by atoms with van der Waals surface area (Å²) in [6.07, 6.45) is 3.45. The highest BCUT2D eigenvalue weighted by molar-refractivity contribution is 6.03. The first-order chi connectivity index (χ1) is 9.02. The van der Waals surface area contributed by atoms with Gasteiger partial charge in [0, 0.05) is 37.4 Å². The Bertz CT molecular complexity index is 689. The number of hydrogen-bond acceptors (Lipinski definition) is 4. The van der Waals surface area contributed by atoms with E-state index in [1.807, 2.05) is 12.1 Å². The molecule has 2 aromatic heterocycles. The molecule has 1 atom stereocenters. The molecule has 2 aromatic rings. The summed E-state index contributed by atoms with van der Waals surface area (Å²) in [5, 5.41) is 0.869. The van der Waals surface area contributed by atoms with Crippen molar-refractivity contribution in [1.82, 2.24) is 14.9 Å². The monoisotopic (exact) mass is 258 g/mol. The van der Waals surface area contributed by atoms with Gasteiger partial charge < -0.3 is 14.6 Å². The number of aliphatic imine (C=N–C) groups is 1. The number of carbonyl (C=O) groups excluding carboxylic acids is 1. The number of amides is 1. The summed E-state index contributed by atoms with van der Waals surface area (Å²) in [4.78, 5) is 25.1. The van der Waals surface area contributed by atoms with Gasteiger partial charge in [-0.3, -0.25) is 4.79 Å². The van der Waals surface area contributed by atoms with Crippen LogP contribution in [0.25, 0.3) is 11.0 Å². The molecule has 0 bridgehead atoms. The highest BCUT2D eigenvalue weighted by atomic mass is 16.5. The quantitative estimate of drug-likeness (QED) is 0.835. The normalized spacial score (nSPS) is 22.5. The largest absolute Gasteiger partial charge is 0.443 e. The van der Waals surface area contributed by atoms with Crippen LogP contribution in [-0.4, -0.2) is 40.9 Å². The Balaban J connectivity index is 2.10. The van der Waals surface area contributed by atoms with Crippen molar-refractivity contribution in [3.8, 4) is 0 Å². The maximum absolute atomic E-state index is 12.2. The first kappa shape index (κ1) is 11.7. The fourth-order valence-corrected chi connectivity index (χ4v) is 2.15. The van der Waals surface area contributed by atoms with Crippen LogP contribution in [-0.2, 0) is 15.1 Å². The lowest BCUT2D eigenvalue weighted by Gasteiger charge is -2.22. The number of aromatic amines is 1. The van der Waals surface area contributed by atoms with E-state index >= 15 is 0 Å². The van der Waals surface area contributed by atoms with Crippen molar-refractivity contribution in [2.75, 3.05) is 14.1 Å². The van der Waals surface area contributed by atoms with E-state index in [1.165, 1.54) is 0 Å². The molecular formula is C13H14N4O2. The molecule has 0 spiro atoms. The van der Waals surface area contributed by atoms with Gasteiger partial charge in [-0.25, -0.2) is 4.98 Å². The summed E-state index contributed by atoms with van der Waals surface area (Å²) in [7, 11) is 3.57. The minimum atomic E-state index is -1.10. The fraction of sp³-hybridized carbons (Fsp3) is 0.308. The topological polar surface area (TPSA) is 70.6 Å². The smallest absolute Gasteiger partial charge is 0.299 e. The molecule has 1 aliphatic heterocycles. The summed E-state index contributed by atoms with van der Waals surface area (Å²) in [6.45, 7) is 1.73. The number of aromatic nitrogens is 2. The van der Waals surface area contributed by atoms with E-state index in [1.54, 1.807) is 38.3 Å². The lowest BCUT2D eigenvalue weighted by molar-refractivity contribution is -0.130. The summed E-state index contributed by atoms with van der Waals surface area (Å²) < 4.78 is 5.75. The van der Waals surface area contributed by atoms with Crippen LogP contribution in [0.2, 0.25) is 0 Å². The van der Waals surface area contributed by atoms with E-state index in [4.69, 9.17) is 4.74 Å². The summed E-state index contributed by atoms with van der Waals surface area (Å²) >= 11 is 0. The second-order valence-corrected chi connectivity index (χ2v) is 4.83. The number of amidine groups is 1. The van der Waals surface area contributed by atoms with Gasteiger partial charge in [0.05, 0.1) is 0 Å². The molecule has 6 heteroatoms. The molecule has 6 nitrogen and oxygen atoms in total.